The van der Waals surface area contributed by atoms with E-state index < -0.39 is 12.0 Å². The minimum Gasteiger partial charge on any atom is -0.480 e. The molecule has 0 aliphatic heterocycles. The zero-order valence-electron chi connectivity index (χ0n) is 11.1. The van der Waals surface area contributed by atoms with Gasteiger partial charge in [0.1, 0.15) is 6.04 Å². The van der Waals surface area contributed by atoms with Gasteiger partial charge in [0.05, 0.1) is 0 Å². The molecule has 1 heterocycles. The molecule has 3 rings (SSSR count). The van der Waals surface area contributed by atoms with Gasteiger partial charge < -0.3 is 15.3 Å². The fourth-order valence-electron chi connectivity index (χ4n) is 2.36. The molecular formula is C14H18N2O3S. The molecule has 1 aromatic heterocycles. The number of aliphatic carboxylic acids is 1. The van der Waals surface area contributed by atoms with E-state index in [9.17, 15) is 14.7 Å². The molecule has 2 aliphatic carbocycles. The van der Waals surface area contributed by atoms with Crippen molar-refractivity contribution in [3.05, 3.63) is 22.4 Å². The normalized spacial score (nSPS) is 19.4. The number of carboxylic acids is 1. The van der Waals surface area contributed by atoms with Crippen molar-refractivity contribution < 1.29 is 14.7 Å². The van der Waals surface area contributed by atoms with Gasteiger partial charge >= 0.3 is 12.0 Å². The van der Waals surface area contributed by atoms with Crippen LogP contribution in [-0.2, 0) is 11.3 Å². The van der Waals surface area contributed by atoms with Gasteiger partial charge in [-0.3, -0.25) is 0 Å². The zero-order chi connectivity index (χ0) is 14.1. The molecule has 0 aromatic carbocycles. The molecule has 2 N–H and O–H groups in total. The summed E-state index contributed by atoms with van der Waals surface area (Å²) < 4.78 is 0. The lowest BCUT2D eigenvalue weighted by molar-refractivity contribution is -0.139. The van der Waals surface area contributed by atoms with Gasteiger partial charge in [-0.05, 0) is 54.0 Å². The Labute approximate surface area is 121 Å². The summed E-state index contributed by atoms with van der Waals surface area (Å²) in [4.78, 5) is 25.3. The Balaban J connectivity index is 1.64. The number of nitrogens with one attached hydrogen (secondary N) is 1. The van der Waals surface area contributed by atoms with Gasteiger partial charge in [-0.15, -0.1) is 0 Å². The van der Waals surface area contributed by atoms with Crippen LogP contribution in [0.5, 0.6) is 0 Å². The number of thiophene rings is 1. The third kappa shape index (κ3) is 3.12. The highest BCUT2D eigenvalue weighted by Crippen LogP contribution is 2.34. The van der Waals surface area contributed by atoms with Crippen LogP contribution in [0, 0.1) is 5.92 Å². The lowest BCUT2D eigenvalue weighted by Gasteiger charge is -2.24. The van der Waals surface area contributed by atoms with Crippen LogP contribution in [-0.4, -0.2) is 34.1 Å². The summed E-state index contributed by atoms with van der Waals surface area (Å²) in [6, 6.07) is 1.30. The summed E-state index contributed by atoms with van der Waals surface area (Å²) in [5.41, 5.74) is 1.11. The first kappa shape index (κ1) is 13.4. The summed E-state index contributed by atoms with van der Waals surface area (Å²) in [6.07, 6.45) is 3.81. The van der Waals surface area contributed by atoms with Crippen LogP contribution in [0.4, 0.5) is 4.79 Å². The monoisotopic (exact) mass is 294 g/mol. The standard InChI is InChI=1S/C14H18N2O3S/c17-13(18)12(10-1-2-10)15-14(19)16(11-3-4-11)7-9-5-6-20-8-9/h5-6,8,10-12H,1-4,7H2,(H,15,19)(H,17,18). The van der Waals surface area contributed by atoms with Crippen molar-refractivity contribution in [2.75, 3.05) is 0 Å². The quantitative estimate of drug-likeness (QED) is 0.845. The second-order valence-electron chi connectivity index (χ2n) is 5.59. The third-order valence-electron chi connectivity index (χ3n) is 3.82. The summed E-state index contributed by atoms with van der Waals surface area (Å²) in [6.45, 7) is 0.566. The fraction of sp³-hybridized carbons (Fsp3) is 0.571. The van der Waals surface area contributed by atoms with Crippen LogP contribution in [0.1, 0.15) is 31.2 Å². The molecule has 108 valence electrons. The van der Waals surface area contributed by atoms with Crippen molar-refractivity contribution in [2.24, 2.45) is 5.92 Å². The third-order valence-corrected chi connectivity index (χ3v) is 4.55. The number of carbonyl (C=O) groups is 2. The first-order valence-corrected chi connectivity index (χ1v) is 7.90. The predicted octanol–water partition coefficient (Wildman–Crippen LogP) is 2.29. The number of carboxylic acid groups (broad SMARTS) is 1. The number of amides is 2. The van der Waals surface area contributed by atoms with Crippen LogP contribution in [0.3, 0.4) is 0 Å². The molecule has 2 saturated carbocycles. The second-order valence-corrected chi connectivity index (χ2v) is 6.37. The lowest BCUT2D eigenvalue weighted by Crippen LogP contribution is -2.49. The van der Waals surface area contributed by atoms with E-state index in [2.05, 4.69) is 5.32 Å². The Hall–Kier alpha value is -1.56. The Bertz CT molecular complexity index is 495. The molecular weight excluding hydrogens is 276 g/mol. The number of hydrogen-bond acceptors (Lipinski definition) is 3. The summed E-state index contributed by atoms with van der Waals surface area (Å²) >= 11 is 1.61. The van der Waals surface area contributed by atoms with Crippen molar-refractivity contribution in [1.82, 2.24) is 10.2 Å². The zero-order valence-corrected chi connectivity index (χ0v) is 11.9. The van der Waals surface area contributed by atoms with Gasteiger partial charge in [-0.1, -0.05) is 0 Å². The molecule has 5 nitrogen and oxygen atoms in total. The van der Waals surface area contributed by atoms with E-state index in [0.717, 1.165) is 31.2 Å². The van der Waals surface area contributed by atoms with Crippen molar-refractivity contribution in [1.29, 1.82) is 0 Å². The van der Waals surface area contributed by atoms with Gasteiger partial charge in [-0.25, -0.2) is 9.59 Å². The highest BCUT2D eigenvalue weighted by molar-refractivity contribution is 7.07. The Morgan fingerprint density at radius 3 is 2.65 bits per heavy atom. The van der Waals surface area contributed by atoms with Gasteiger partial charge in [0.2, 0.25) is 0 Å². The molecule has 1 unspecified atom stereocenters. The second kappa shape index (κ2) is 5.44. The van der Waals surface area contributed by atoms with Crippen molar-refractivity contribution in [3.63, 3.8) is 0 Å². The molecule has 20 heavy (non-hydrogen) atoms. The van der Waals surface area contributed by atoms with E-state index in [1.54, 1.807) is 16.2 Å². The SMILES string of the molecule is O=C(O)C(NC(=O)N(Cc1ccsc1)C1CC1)C1CC1. The number of nitrogens with zero attached hydrogens (tertiary/aromatic N) is 1. The lowest BCUT2D eigenvalue weighted by atomic mass is 10.2. The van der Waals surface area contributed by atoms with Gasteiger partial charge in [0.25, 0.3) is 0 Å². The van der Waals surface area contributed by atoms with Crippen LogP contribution in [0.25, 0.3) is 0 Å². The van der Waals surface area contributed by atoms with Crippen LogP contribution in [0.15, 0.2) is 16.8 Å². The maximum Gasteiger partial charge on any atom is 0.326 e. The molecule has 6 heteroatoms. The molecule has 0 saturated heterocycles. The van der Waals surface area contributed by atoms with Gasteiger partial charge in [0.15, 0.2) is 0 Å². The Morgan fingerprint density at radius 2 is 2.15 bits per heavy atom. The minimum atomic E-state index is -0.924. The molecule has 0 radical (unpaired) electrons. The van der Waals surface area contributed by atoms with Crippen molar-refractivity contribution >= 4 is 23.3 Å². The number of hydrogen-bond donors (Lipinski definition) is 2. The van der Waals surface area contributed by atoms with E-state index in [4.69, 9.17) is 0 Å². The van der Waals surface area contributed by atoms with Crippen molar-refractivity contribution in [3.8, 4) is 0 Å². The first-order chi connectivity index (χ1) is 9.65. The van der Waals surface area contributed by atoms with E-state index in [1.807, 2.05) is 16.8 Å². The van der Waals surface area contributed by atoms with E-state index in [-0.39, 0.29) is 18.0 Å². The predicted molar refractivity (Wildman–Crippen MR) is 75.6 cm³/mol. The van der Waals surface area contributed by atoms with Gasteiger partial charge in [0, 0.05) is 12.6 Å². The molecule has 1 aromatic rings. The number of rotatable bonds is 6. The maximum atomic E-state index is 12.4. The topological polar surface area (TPSA) is 69.6 Å². The molecule has 0 spiro atoms. The molecule has 2 amide bonds. The highest BCUT2D eigenvalue weighted by atomic mass is 32.1. The smallest absolute Gasteiger partial charge is 0.326 e. The highest BCUT2D eigenvalue weighted by Gasteiger charge is 2.40. The Kier molecular flexibility index (Phi) is 3.65. The van der Waals surface area contributed by atoms with E-state index >= 15 is 0 Å². The van der Waals surface area contributed by atoms with Gasteiger partial charge in [-0.2, -0.15) is 11.3 Å². The average Bonchev–Trinajstić information content (AvgIpc) is 3.33. The molecule has 0 bridgehead atoms. The fourth-order valence-corrected chi connectivity index (χ4v) is 3.02. The maximum absolute atomic E-state index is 12.4. The Morgan fingerprint density at radius 1 is 1.40 bits per heavy atom. The van der Waals surface area contributed by atoms with Crippen LogP contribution >= 0.6 is 11.3 Å². The molecule has 2 aliphatic rings. The van der Waals surface area contributed by atoms with Crippen molar-refractivity contribution in [2.45, 2.75) is 44.3 Å². The van der Waals surface area contributed by atoms with E-state index in [1.165, 1.54) is 0 Å². The summed E-state index contributed by atoms with van der Waals surface area (Å²) in [5, 5.41) is 15.9. The largest absolute Gasteiger partial charge is 0.480 e. The van der Waals surface area contributed by atoms with E-state index in [0.29, 0.717) is 6.54 Å². The number of urea groups is 1. The van der Waals surface area contributed by atoms with Crippen LogP contribution < -0.4 is 5.32 Å². The van der Waals surface area contributed by atoms with Crippen LogP contribution in [0.2, 0.25) is 0 Å². The summed E-state index contributed by atoms with van der Waals surface area (Å²) in [5.74, 6) is -0.814. The number of carbonyl (C=O) groups excluding carboxylic acids is 1. The molecule has 1 atom stereocenters. The average molecular weight is 294 g/mol. The molecule has 2 fully saturated rings. The minimum absolute atomic E-state index is 0.110. The first-order valence-electron chi connectivity index (χ1n) is 6.96. The summed E-state index contributed by atoms with van der Waals surface area (Å²) in [7, 11) is 0.